The summed E-state index contributed by atoms with van der Waals surface area (Å²) in [5, 5.41) is 3.27. The summed E-state index contributed by atoms with van der Waals surface area (Å²) < 4.78 is 2.14. The summed E-state index contributed by atoms with van der Waals surface area (Å²) >= 11 is 0. The third-order valence-corrected chi connectivity index (χ3v) is 4.05. The molecule has 2 aliphatic heterocycles. The van der Waals surface area contributed by atoms with Crippen molar-refractivity contribution in [3.05, 3.63) is 24.3 Å². The van der Waals surface area contributed by atoms with Gasteiger partial charge in [-0.05, 0) is 31.5 Å². The zero-order valence-electron chi connectivity index (χ0n) is 11.1. The smallest absolute Gasteiger partial charge is 0.246 e. The Balaban J connectivity index is 0.00000121. The fraction of sp³-hybridized carbons (Fsp3) is 0.429. The number of hydrogen-bond acceptors (Lipinski definition) is 3. The zero-order chi connectivity index (χ0) is 12.8. The van der Waals surface area contributed by atoms with Gasteiger partial charge < -0.3 is 9.88 Å². The van der Waals surface area contributed by atoms with E-state index in [-0.39, 0.29) is 24.4 Å². The highest BCUT2D eigenvalue weighted by atomic mass is 35.5. The molecule has 6 heteroatoms. The lowest BCUT2D eigenvalue weighted by atomic mass is 10.2. The highest BCUT2D eigenvalue weighted by molar-refractivity contribution is 5.98. The number of halogens is 1. The van der Waals surface area contributed by atoms with Crippen LogP contribution in [0.3, 0.4) is 0 Å². The number of nitrogens with zero attached hydrogens (tertiary/aromatic N) is 3. The Morgan fingerprint density at radius 3 is 2.95 bits per heavy atom. The molecule has 3 heterocycles. The fourth-order valence-corrected chi connectivity index (χ4v) is 3.08. The molecule has 1 unspecified atom stereocenters. The van der Waals surface area contributed by atoms with Gasteiger partial charge in [-0.3, -0.25) is 9.69 Å². The van der Waals surface area contributed by atoms with Crippen LogP contribution >= 0.6 is 12.4 Å². The Labute approximate surface area is 123 Å². The molecule has 0 spiro atoms. The fourth-order valence-electron chi connectivity index (χ4n) is 3.08. The van der Waals surface area contributed by atoms with Crippen LogP contribution in [0.2, 0.25) is 0 Å². The van der Waals surface area contributed by atoms with Gasteiger partial charge in [0.1, 0.15) is 0 Å². The van der Waals surface area contributed by atoms with E-state index in [1.807, 2.05) is 23.1 Å². The molecule has 2 aromatic rings. The number of nitrogens with one attached hydrogen (secondary N) is 1. The second-order valence-electron chi connectivity index (χ2n) is 5.19. The standard InChI is InChI=1S/C14H16N4O.ClH/c19-13(11-5-3-7-15-11)18-9-8-17-12-6-2-1-4-10(12)16-14(17)18;/h1-2,4,6,11,15H,3,5,7-9H2;1H. The molecule has 1 saturated heterocycles. The summed E-state index contributed by atoms with van der Waals surface area (Å²) in [5.41, 5.74) is 2.08. The minimum atomic E-state index is -0.0219. The average Bonchev–Trinajstić information content (AvgIpc) is 3.14. The summed E-state index contributed by atoms with van der Waals surface area (Å²) in [6, 6.07) is 8.03. The molecular weight excluding hydrogens is 276 g/mol. The van der Waals surface area contributed by atoms with E-state index >= 15 is 0 Å². The third kappa shape index (κ3) is 1.89. The van der Waals surface area contributed by atoms with Crippen LogP contribution < -0.4 is 10.2 Å². The molecule has 20 heavy (non-hydrogen) atoms. The molecule has 0 bridgehead atoms. The van der Waals surface area contributed by atoms with Gasteiger partial charge in [0.2, 0.25) is 11.9 Å². The number of imidazole rings is 1. The molecule has 0 radical (unpaired) electrons. The van der Waals surface area contributed by atoms with Crippen molar-refractivity contribution in [2.24, 2.45) is 0 Å². The normalized spacial score (nSPS) is 21.0. The van der Waals surface area contributed by atoms with Crippen LogP contribution in [-0.4, -0.2) is 34.6 Å². The quantitative estimate of drug-likeness (QED) is 0.868. The van der Waals surface area contributed by atoms with Crippen LogP contribution in [0.25, 0.3) is 11.0 Å². The second kappa shape index (κ2) is 5.07. The first-order chi connectivity index (χ1) is 9.34. The number of aromatic nitrogens is 2. The van der Waals surface area contributed by atoms with E-state index in [0.29, 0.717) is 0 Å². The molecule has 1 fully saturated rings. The lowest BCUT2D eigenvalue weighted by molar-refractivity contribution is -0.120. The van der Waals surface area contributed by atoms with Crippen molar-refractivity contribution >= 4 is 35.3 Å². The van der Waals surface area contributed by atoms with E-state index in [0.717, 1.165) is 49.5 Å². The van der Waals surface area contributed by atoms with Gasteiger partial charge in [0.15, 0.2) is 0 Å². The molecule has 1 aromatic heterocycles. The maximum atomic E-state index is 12.5. The first kappa shape index (κ1) is 13.4. The van der Waals surface area contributed by atoms with Gasteiger partial charge in [0.25, 0.3) is 0 Å². The predicted octanol–water partition coefficient (Wildman–Crippen LogP) is 1.56. The van der Waals surface area contributed by atoms with Crippen molar-refractivity contribution in [3.8, 4) is 0 Å². The lowest BCUT2D eigenvalue weighted by Crippen LogP contribution is -2.43. The van der Waals surface area contributed by atoms with Gasteiger partial charge in [0, 0.05) is 13.1 Å². The Kier molecular flexibility index (Phi) is 3.40. The molecule has 106 valence electrons. The Morgan fingerprint density at radius 2 is 2.15 bits per heavy atom. The summed E-state index contributed by atoms with van der Waals surface area (Å²) in [6.07, 6.45) is 2.02. The molecule has 0 saturated carbocycles. The molecule has 1 N–H and O–H groups in total. The van der Waals surface area contributed by atoms with E-state index < -0.39 is 0 Å². The lowest BCUT2D eigenvalue weighted by Gasteiger charge is -2.18. The molecule has 4 rings (SSSR count). The number of fused-ring (bicyclic) bond motifs is 3. The van der Waals surface area contributed by atoms with Crippen LogP contribution in [0.1, 0.15) is 12.8 Å². The molecule has 5 nitrogen and oxygen atoms in total. The number of amides is 1. The molecule has 2 aliphatic rings. The monoisotopic (exact) mass is 292 g/mol. The number of anilines is 1. The number of hydrogen-bond donors (Lipinski definition) is 1. The number of benzene rings is 1. The molecular formula is C14H17ClN4O. The minimum Gasteiger partial charge on any atom is -0.308 e. The van der Waals surface area contributed by atoms with Crippen molar-refractivity contribution in [3.63, 3.8) is 0 Å². The summed E-state index contributed by atoms with van der Waals surface area (Å²) in [4.78, 5) is 18.9. The first-order valence-electron chi connectivity index (χ1n) is 6.84. The van der Waals surface area contributed by atoms with Crippen LogP contribution in [0, 0.1) is 0 Å². The van der Waals surface area contributed by atoms with Crippen molar-refractivity contribution < 1.29 is 4.79 Å². The van der Waals surface area contributed by atoms with Crippen LogP contribution in [-0.2, 0) is 11.3 Å². The van der Waals surface area contributed by atoms with Gasteiger partial charge >= 0.3 is 0 Å². The third-order valence-electron chi connectivity index (χ3n) is 4.05. The maximum Gasteiger partial charge on any atom is 0.246 e. The topological polar surface area (TPSA) is 50.2 Å². The minimum absolute atomic E-state index is 0. The van der Waals surface area contributed by atoms with Crippen molar-refractivity contribution in [1.82, 2.24) is 14.9 Å². The predicted molar refractivity (Wildman–Crippen MR) is 80.4 cm³/mol. The van der Waals surface area contributed by atoms with Crippen molar-refractivity contribution in [1.29, 1.82) is 0 Å². The Bertz CT molecular complexity index is 648. The maximum absolute atomic E-state index is 12.5. The summed E-state index contributed by atoms with van der Waals surface area (Å²) in [6.45, 7) is 2.53. The Hall–Kier alpha value is -1.59. The Morgan fingerprint density at radius 1 is 1.30 bits per heavy atom. The highest BCUT2D eigenvalue weighted by Gasteiger charge is 2.33. The van der Waals surface area contributed by atoms with Gasteiger partial charge in [-0.15, -0.1) is 12.4 Å². The molecule has 1 aromatic carbocycles. The largest absolute Gasteiger partial charge is 0.308 e. The molecule has 1 atom stereocenters. The van der Waals surface area contributed by atoms with E-state index in [4.69, 9.17) is 0 Å². The number of para-hydroxylation sites is 2. The van der Waals surface area contributed by atoms with Crippen molar-refractivity contribution in [2.45, 2.75) is 25.4 Å². The summed E-state index contributed by atoms with van der Waals surface area (Å²) in [5.74, 6) is 0.978. The van der Waals surface area contributed by atoms with E-state index in [9.17, 15) is 4.79 Å². The van der Waals surface area contributed by atoms with Gasteiger partial charge in [-0.1, -0.05) is 12.1 Å². The summed E-state index contributed by atoms with van der Waals surface area (Å²) in [7, 11) is 0. The zero-order valence-corrected chi connectivity index (χ0v) is 11.9. The molecule has 0 aliphatic carbocycles. The van der Waals surface area contributed by atoms with E-state index in [1.165, 1.54) is 0 Å². The number of rotatable bonds is 1. The van der Waals surface area contributed by atoms with Crippen molar-refractivity contribution in [2.75, 3.05) is 18.0 Å². The highest BCUT2D eigenvalue weighted by Crippen LogP contribution is 2.28. The van der Waals surface area contributed by atoms with E-state index in [1.54, 1.807) is 0 Å². The SMILES string of the molecule is Cl.O=C(C1CCCN1)N1CCn2c1nc1ccccc12. The van der Waals surface area contributed by atoms with E-state index in [2.05, 4.69) is 20.9 Å². The first-order valence-corrected chi connectivity index (χ1v) is 6.84. The van der Waals surface area contributed by atoms with Gasteiger partial charge in [0.05, 0.1) is 17.1 Å². The molecule has 1 amide bonds. The average molecular weight is 293 g/mol. The van der Waals surface area contributed by atoms with Crippen LogP contribution in [0.5, 0.6) is 0 Å². The number of carbonyl (C=O) groups is 1. The van der Waals surface area contributed by atoms with Gasteiger partial charge in [-0.2, -0.15) is 0 Å². The van der Waals surface area contributed by atoms with Crippen LogP contribution in [0.4, 0.5) is 5.95 Å². The van der Waals surface area contributed by atoms with Crippen LogP contribution in [0.15, 0.2) is 24.3 Å². The second-order valence-corrected chi connectivity index (χ2v) is 5.19. The number of carbonyl (C=O) groups excluding carboxylic acids is 1. The van der Waals surface area contributed by atoms with Gasteiger partial charge in [-0.25, -0.2) is 4.98 Å².